The highest BCUT2D eigenvalue weighted by atomic mass is 32.2. The Morgan fingerprint density at radius 1 is 1.11 bits per heavy atom. The van der Waals surface area contributed by atoms with Gasteiger partial charge in [0, 0.05) is 13.0 Å². The van der Waals surface area contributed by atoms with Crippen LogP contribution in [0.5, 0.6) is 0 Å². The number of benzene rings is 2. The molecule has 0 spiro atoms. The molecule has 28 heavy (non-hydrogen) atoms. The van der Waals surface area contributed by atoms with Gasteiger partial charge in [0.25, 0.3) is 0 Å². The molecule has 0 radical (unpaired) electrons. The molecule has 1 heterocycles. The number of amides is 2. The van der Waals surface area contributed by atoms with E-state index < -0.39 is 5.25 Å². The van der Waals surface area contributed by atoms with E-state index in [2.05, 4.69) is 20.8 Å². The molecule has 0 aliphatic carbocycles. The average molecular weight is 395 g/mol. The smallest absolute Gasteiger partial charge is 0.240 e. The van der Waals surface area contributed by atoms with Crippen LogP contribution in [0.3, 0.4) is 0 Å². The number of carbonyl (C=O) groups excluding carboxylic acids is 2. The fourth-order valence-electron chi connectivity index (χ4n) is 2.69. The summed E-state index contributed by atoms with van der Waals surface area (Å²) in [6.45, 7) is 2.45. The Morgan fingerprint density at radius 2 is 1.79 bits per heavy atom. The second-order valence-corrected chi connectivity index (χ2v) is 7.43. The van der Waals surface area contributed by atoms with Crippen molar-refractivity contribution in [3.05, 3.63) is 71.8 Å². The van der Waals surface area contributed by atoms with Crippen molar-refractivity contribution >= 4 is 34.5 Å². The molecule has 0 bridgehead atoms. The van der Waals surface area contributed by atoms with Gasteiger partial charge in [0.15, 0.2) is 5.17 Å². The van der Waals surface area contributed by atoms with E-state index in [9.17, 15) is 9.59 Å². The highest BCUT2D eigenvalue weighted by Gasteiger charge is 2.32. The lowest BCUT2D eigenvalue weighted by Gasteiger charge is -2.07. The molecule has 1 aliphatic rings. The minimum Gasteiger partial charge on any atom is -0.352 e. The van der Waals surface area contributed by atoms with Crippen molar-refractivity contribution in [3.63, 3.8) is 0 Å². The van der Waals surface area contributed by atoms with E-state index in [1.54, 1.807) is 0 Å². The third-order valence-corrected chi connectivity index (χ3v) is 5.26. The van der Waals surface area contributed by atoms with E-state index in [1.165, 1.54) is 11.8 Å². The Morgan fingerprint density at radius 3 is 2.46 bits per heavy atom. The fourth-order valence-corrected chi connectivity index (χ4v) is 3.61. The molecule has 7 heteroatoms. The second-order valence-electron chi connectivity index (χ2n) is 6.23. The van der Waals surface area contributed by atoms with E-state index in [4.69, 9.17) is 0 Å². The molecule has 3 rings (SSSR count). The summed E-state index contributed by atoms with van der Waals surface area (Å²) in [4.78, 5) is 24.3. The van der Waals surface area contributed by atoms with Gasteiger partial charge in [0.2, 0.25) is 11.8 Å². The lowest BCUT2D eigenvalue weighted by Crippen LogP contribution is -2.31. The molecule has 144 valence electrons. The van der Waals surface area contributed by atoms with Gasteiger partial charge >= 0.3 is 0 Å². The standard InChI is InChI=1S/C21H22N4O2S/c1-2-17(16-11-7-4-8-12-16)24-25-21-23-20(27)18(28-21)13-19(26)22-14-15-9-5-3-6-10-15/h3-12,18H,2,13-14H2,1H3,(H,22,26)(H,23,25,27)/b24-17-/t18-/m0/s1. The minimum absolute atomic E-state index is 0.103. The van der Waals surface area contributed by atoms with Crippen LogP contribution in [-0.2, 0) is 16.1 Å². The van der Waals surface area contributed by atoms with Gasteiger partial charge in [0.05, 0.1) is 5.71 Å². The van der Waals surface area contributed by atoms with Gasteiger partial charge in [-0.2, -0.15) is 5.10 Å². The summed E-state index contributed by atoms with van der Waals surface area (Å²) in [6, 6.07) is 19.4. The van der Waals surface area contributed by atoms with E-state index in [0.29, 0.717) is 11.7 Å². The number of hydrogen-bond acceptors (Lipinski definition) is 5. The Kier molecular flexibility index (Phi) is 6.97. The SMILES string of the molecule is CC/C(=N/N=C1\NC(=O)[C@H](CC(=O)NCc2ccccc2)S1)c1ccccc1. The predicted octanol–water partition coefficient (Wildman–Crippen LogP) is 3.09. The summed E-state index contributed by atoms with van der Waals surface area (Å²) in [7, 11) is 0. The van der Waals surface area contributed by atoms with E-state index in [1.807, 2.05) is 67.6 Å². The van der Waals surface area contributed by atoms with Crippen molar-refractivity contribution < 1.29 is 9.59 Å². The number of amidine groups is 1. The van der Waals surface area contributed by atoms with E-state index in [0.717, 1.165) is 23.3 Å². The van der Waals surface area contributed by atoms with Crippen LogP contribution in [0.25, 0.3) is 0 Å². The fraction of sp³-hybridized carbons (Fsp3) is 0.238. The van der Waals surface area contributed by atoms with Gasteiger partial charge in [-0.1, -0.05) is 79.3 Å². The maximum atomic E-state index is 12.2. The summed E-state index contributed by atoms with van der Waals surface area (Å²) in [5, 5.41) is 13.9. The predicted molar refractivity (Wildman–Crippen MR) is 113 cm³/mol. The molecule has 1 atom stereocenters. The normalized spacial score (nSPS) is 18.2. The molecule has 2 aromatic carbocycles. The first-order valence-corrected chi connectivity index (χ1v) is 10.0. The van der Waals surface area contributed by atoms with Crippen LogP contribution < -0.4 is 10.6 Å². The summed E-state index contributed by atoms with van der Waals surface area (Å²) >= 11 is 1.24. The zero-order chi connectivity index (χ0) is 19.8. The van der Waals surface area contributed by atoms with Crippen LogP contribution >= 0.6 is 11.8 Å². The van der Waals surface area contributed by atoms with Crippen molar-refractivity contribution in [2.45, 2.75) is 31.6 Å². The number of thioether (sulfide) groups is 1. The van der Waals surface area contributed by atoms with Crippen LogP contribution in [0, 0.1) is 0 Å². The van der Waals surface area contributed by atoms with Crippen molar-refractivity contribution in [2.24, 2.45) is 10.2 Å². The molecule has 0 aromatic heterocycles. The molecule has 2 aromatic rings. The average Bonchev–Trinajstić information content (AvgIpc) is 3.07. The van der Waals surface area contributed by atoms with Crippen LogP contribution in [0.4, 0.5) is 0 Å². The number of nitrogens with zero attached hydrogens (tertiary/aromatic N) is 2. The lowest BCUT2D eigenvalue weighted by atomic mass is 10.1. The molecule has 0 unspecified atom stereocenters. The summed E-state index contributed by atoms with van der Waals surface area (Å²) < 4.78 is 0. The monoisotopic (exact) mass is 394 g/mol. The van der Waals surface area contributed by atoms with E-state index in [-0.39, 0.29) is 18.2 Å². The van der Waals surface area contributed by atoms with Crippen LogP contribution in [-0.4, -0.2) is 27.9 Å². The Balaban J connectivity index is 1.56. The number of hydrogen-bond donors (Lipinski definition) is 2. The minimum atomic E-state index is -0.494. The molecule has 1 aliphatic heterocycles. The first kappa shape index (κ1) is 19.8. The third kappa shape index (κ3) is 5.53. The van der Waals surface area contributed by atoms with Gasteiger partial charge < -0.3 is 10.6 Å². The van der Waals surface area contributed by atoms with Crippen molar-refractivity contribution in [3.8, 4) is 0 Å². The molecule has 1 fully saturated rings. The Labute approximate surface area is 168 Å². The lowest BCUT2D eigenvalue weighted by molar-refractivity contribution is -0.125. The van der Waals surface area contributed by atoms with Gasteiger partial charge in [0.1, 0.15) is 5.25 Å². The van der Waals surface area contributed by atoms with Crippen molar-refractivity contribution in [1.29, 1.82) is 0 Å². The van der Waals surface area contributed by atoms with Gasteiger partial charge in [-0.25, -0.2) is 0 Å². The molecule has 6 nitrogen and oxygen atoms in total. The first-order valence-electron chi connectivity index (χ1n) is 9.13. The molecule has 2 N–H and O–H groups in total. The second kappa shape index (κ2) is 9.85. The van der Waals surface area contributed by atoms with Crippen molar-refractivity contribution in [2.75, 3.05) is 0 Å². The number of carbonyl (C=O) groups is 2. The number of rotatable bonds is 7. The van der Waals surface area contributed by atoms with Crippen molar-refractivity contribution in [1.82, 2.24) is 10.6 Å². The van der Waals surface area contributed by atoms with Gasteiger partial charge in [-0.15, -0.1) is 5.10 Å². The quantitative estimate of drug-likeness (QED) is 0.559. The van der Waals surface area contributed by atoms with E-state index >= 15 is 0 Å². The van der Waals surface area contributed by atoms with Gasteiger partial charge in [-0.3, -0.25) is 9.59 Å². The summed E-state index contributed by atoms with van der Waals surface area (Å²) in [5.41, 5.74) is 2.86. The molecule has 1 saturated heterocycles. The molecular weight excluding hydrogens is 372 g/mol. The number of nitrogens with one attached hydrogen (secondary N) is 2. The first-order chi connectivity index (χ1) is 13.7. The topological polar surface area (TPSA) is 82.9 Å². The maximum Gasteiger partial charge on any atom is 0.240 e. The highest BCUT2D eigenvalue weighted by Crippen LogP contribution is 2.22. The summed E-state index contributed by atoms with van der Waals surface area (Å²) in [6.07, 6.45) is 0.829. The Bertz CT molecular complexity index is 882. The zero-order valence-electron chi connectivity index (χ0n) is 15.6. The Hall–Kier alpha value is -2.93. The third-order valence-electron chi connectivity index (χ3n) is 4.18. The molecular formula is C21H22N4O2S. The van der Waals surface area contributed by atoms with Crippen LogP contribution in [0.1, 0.15) is 30.9 Å². The largest absolute Gasteiger partial charge is 0.352 e. The molecule has 0 saturated carbocycles. The maximum absolute atomic E-state index is 12.2. The van der Waals surface area contributed by atoms with Crippen LogP contribution in [0.2, 0.25) is 0 Å². The highest BCUT2D eigenvalue weighted by molar-refractivity contribution is 8.15. The van der Waals surface area contributed by atoms with Crippen LogP contribution in [0.15, 0.2) is 70.9 Å². The summed E-state index contributed by atoms with van der Waals surface area (Å²) in [5.74, 6) is -0.383. The molecule has 2 amide bonds. The van der Waals surface area contributed by atoms with Gasteiger partial charge in [-0.05, 0) is 17.5 Å². The zero-order valence-corrected chi connectivity index (χ0v) is 16.4.